The summed E-state index contributed by atoms with van der Waals surface area (Å²) in [6.45, 7) is 2.52. The molecule has 0 atom stereocenters. The molecule has 0 saturated heterocycles. The fraction of sp³-hybridized carbons (Fsp3) is 0.214. The summed E-state index contributed by atoms with van der Waals surface area (Å²) in [6.07, 6.45) is 5.85. The fourth-order valence-electron chi connectivity index (χ4n) is 5.29. The summed E-state index contributed by atoms with van der Waals surface area (Å²) in [7, 11) is 0. The first kappa shape index (κ1) is 34.6. The number of hydrogen-bond donors (Lipinski definition) is 1. The van der Waals surface area contributed by atoms with Crippen molar-refractivity contribution in [3.63, 3.8) is 0 Å². The third-order valence-electron chi connectivity index (χ3n) is 7.99. The van der Waals surface area contributed by atoms with E-state index in [1.807, 2.05) is 36.4 Å². The van der Waals surface area contributed by atoms with E-state index >= 15 is 0 Å². The van der Waals surface area contributed by atoms with Gasteiger partial charge in [-0.05, 0) is 117 Å². The van der Waals surface area contributed by atoms with Crippen LogP contribution in [0, 0.1) is 0 Å². The highest BCUT2D eigenvalue weighted by Gasteiger charge is 2.20. The number of hydrogen-bond acceptors (Lipinski definition) is 6. The number of esters is 1. The number of benzene rings is 5. The number of nitrogens with one attached hydrogen (secondary N) is 1. The van der Waals surface area contributed by atoms with Crippen LogP contribution in [-0.4, -0.2) is 30.9 Å². The lowest BCUT2D eigenvalue weighted by Crippen LogP contribution is -2.16. The molecule has 49 heavy (non-hydrogen) atoms. The molecule has 5 aromatic carbocycles. The number of para-hydroxylation sites is 1. The van der Waals surface area contributed by atoms with Crippen LogP contribution in [0.15, 0.2) is 127 Å². The lowest BCUT2D eigenvalue weighted by Gasteiger charge is -2.15. The Morgan fingerprint density at radius 1 is 0.551 bits per heavy atom. The molecule has 1 N–H and O–H groups in total. The Hall–Kier alpha value is -5.69. The van der Waals surface area contributed by atoms with Crippen molar-refractivity contribution >= 4 is 23.3 Å². The Bertz CT molecular complexity index is 1800. The summed E-state index contributed by atoms with van der Waals surface area (Å²) < 4.78 is 17.4. The molecule has 0 spiro atoms. The summed E-state index contributed by atoms with van der Waals surface area (Å²) in [5.41, 5.74) is 3.67. The Balaban J connectivity index is 1.13. The van der Waals surface area contributed by atoms with E-state index in [-0.39, 0.29) is 28.3 Å². The first-order valence-corrected chi connectivity index (χ1v) is 16.7. The van der Waals surface area contributed by atoms with Crippen molar-refractivity contribution in [1.29, 1.82) is 0 Å². The van der Waals surface area contributed by atoms with Gasteiger partial charge in [0, 0.05) is 5.56 Å². The number of unbranched alkanes of at least 4 members (excludes halogenated alkanes) is 2. The number of ether oxygens (including phenoxy) is 3. The third-order valence-corrected chi connectivity index (χ3v) is 7.99. The number of carbonyl (C=O) groups is 3. The molecule has 0 radical (unpaired) electrons. The average Bonchev–Trinajstić information content (AvgIpc) is 3.13. The van der Waals surface area contributed by atoms with Gasteiger partial charge in [-0.15, -0.1) is 0 Å². The van der Waals surface area contributed by atoms with Gasteiger partial charge in [-0.3, -0.25) is 9.59 Å². The van der Waals surface area contributed by atoms with Gasteiger partial charge in [0.2, 0.25) is 0 Å². The van der Waals surface area contributed by atoms with E-state index in [1.165, 1.54) is 18.1 Å². The normalized spacial score (nSPS) is 10.6. The summed E-state index contributed by atoms with van der Waals surface area (Å²) in [5, 5.41) is 2.80. The highest BCUT2D eigenvalue weighted by atomic mass is 16.5. The minimum atomic E-state index is -0.663. The van der Waals surface area contributed by atoms with E-state index < -0.39 is 11.9 Å². The Kier molecular flexibility index (Phi) is 12.7. The molecule has 0 aliphatic carbocycles. The second-order valence-electron chi connectivity index (χ2n) is 11.7. The zero-order valence-corrected chi connectivity index (χ0v) is 27.7. The second-order valence-corrected chi connectivity index (χ2v) is 11.7. The molecular formula is C42H41NO6. The number of carbonyl (C=O) groups excluding carboxylic acids is 3. The van der Waals surface area contributed by atoms with Gasteiger partial charge in [-0.1, -0.05) is 66.7 Å². The van der Waals surface area contributed by atoms with Gasteiger partial charge in [-0.25, -0.2) is 4.79 Å². The molecule has 0 bridgehead atoms. The van der Waals surface area contributed by atoms with Gasteiger partial charge in [0.25, 0.3) is 5.91 Å². The molecule has 0 aromatic heterocycles. The first-order chi connectivity index (χ1) is 24.0. The molecule has 0 unspecified atom stereocenters. The number of anilines is 1. The van der Waals surface area contributed by atoms with E-state index in [0.29, 0.717) is 30.3 Å². The van der Waals surface area contributed by atoms with Crippen LogP contribution in [0.5, 0.6) is 17.2 Å². The number of aryl methyl sites for hydroxylation is 2. The Morgan fingerprint density at radius 3 is 1.57 bits per heavy atom. The van der Waals surface area contributed by atoms with Crippen LogP contribution < -0.4 is 19.5 Å². The van der Waals surface area contributed by atoms with Crippen LogP contribution in [0.1, 0.15) is 74.8 Å². The third kappa shape index (κ3) is 10.7. The number of Topliss-reactive ketones (excluding diaryl/α,β-unsaturated/α-hetero) is 1. The van der Waals surface area contributed by atoms with Gasteiger partial charge in [-0.2, -0.15) is 0 Å². The monoisotopic (exact) mass is 655 g/mol. The summed E-state index contributed by atoms with van der Waals surface area (Å²) in [5.74, 6) is -0.0824. The van der Waals surface area contributed by atoms with Gasteiger partial charge < -0.3 is 19.5 Å². The van der Waals surface area contributed by atoms with Crippen molar-refractivity contribution in [1.82, 2.24) is 0 Å². The maximum Gasteiger partial charge on any atom is 0.343 e. The van der Waals surface area contributed by atoms with Gasteiger partial charge in [0.1, 0.15) is 11.5 Å². The first-order valence-electron chi connectivity index (χ1n) is 16.7. The molecular weight excluding hydrogens is 614 g/mol. The van der Waals surface area contributed by atoms with Crippen molar-refractivity contribution in [2.75, 3.05) is 18.5 Å². The molecule has 250 valence electrons. The lowest BCUT2D eigenvalue weighted by molar-refractivity contribution is 0.0732. The van der Waals surface area contributed by atoms with Crippen molar-refractivity contribution in [3.05, 3.63) is 155 Å². The Labute approximate surface area is 287 Å². The maximum atomic E-state index is 13.2. The minimum Gasteiger partial charge on any atom is -0.494 e. The molecule has 0 aliphatic heterocycles. The maximum absolute atomic E-state index is 13.2. The van der Waals surface area contributed by atoms with Crippen molar-refractivity contribution in [3.8, 4) is 17.2 Å². The van der Waals surface area contributed by atoms with Crippen LogP contribution in [0.2, 0.25) is 0 Å². The van der Waals surface area contributed by atoms with Gasteiger partial charge in [0.15, 0.2) is 11.5 Å². The van der Waals surface area contributed by atoms with Gasteiger partial charge in [0.05, 0.1) is 30.0 Å². The average molecular weight is 656 g/mol. The SMILES string of the molecule is CC(=O)c1cccc(NC(=O)c2ccc(OCCCCc3ccccc3)cc2)c1OC(=O)c1ccc(OCCCCc2ccccc2)cc1. The summed E-state index contributed by atoms with van der Waals surface area (Å²) in [4.78, 5) is 38.8. The fourth-order valence-corrected chi connectivity index (χ4v) is 5.29. The molecule has 5 aromatic rings. The second kappa shape index (κ2) is 18.0. The molecule has 7 heteroatoms. The molecule has 5 rings (SSSR count). The predicted molar refractivity (Wildman–Crippen MR) is 192 cm³/mol. The van der Waals surface area contributed by atoms with Crippen LogP contribution in [-0.2, 0) is 12.8 Å². The van der Waals surface area contributed by atoms with E-state index in [0.717, 1.165) is 38.5 Å². The molecule has 0 heterocycles. The standard InChI is InChI=1S/C42H41NO6/c1-31(44)38-19-12-20-39(43-41(45)34-21-25-36(26-22-34)47-29-10-8-17-32-13-4-2-5-14-32)40(38)49-42(46)35-23-27-37(28-24-35)48-30-11-9-18-33-15-6-3-7-16-33/h2-7,12-16,19-28H,8-11,17-18,29-30H2,1H3,(H,43,45). The quantitative estimate of drug-likeness (QED) is 0.0465. The van der Waals surface area contributed by atoms with E-state index in [4.69, 9.17) is 14.2 Å². The van der Waals surface area contributed by atoms with E-state index in [1.54, 1.807) is 66.7 Å². The minimum absolute atomic E-state index is 0.0115. The molecule has 0 saturated carbocycles. The van der Waals surface area contributed by atoms with E-state index in [9.17, 15) is 14.4 Å². The summed E-state index contributed by atoms with van der Waals surface area (Å²) in [6, 6.07) is 39.0. The van der Waals surface area contributed by atoms with Crippen molar-refractivity contribution < 1.29 is 28.6 Å². The number of amides is 1. The highest BCUT2D eigenvalue weighted by Crippen LogP contribution is 2.31. The van der Waals surface area contributed by atoms with Crippen LogP contribution in [0.25, 0.3) is 0 Å². The van der Waals surface area contributed by atoms with Crippen molar-refractivity contribution in [2.45, 2.75) is 45.4 Å². The van der Waals surface area contributed by atoms with Crippen LogP contribution in [0.4, 0.5) is 5.69 Å². The smallest absolute Gasteiger partial charge is 0.343 e. The van der Waals surface area contributed by atoms with Crippen molar-refractivity contribution in [2.24, 2.45) is 0 Å². The number of ketones is 1. The molecule has 0 fully saturated rings. The summed E-state index contributed by atoms with van der Waals surface area (Å²) >= 11 is 0. The topological polar surface area (TPSA) is 90.9 Å². The van der Waals surface area contributed by atoms with E-state index in [2.05, 4.69) is 29.6 Å². The molecule has 1 amide bonds. The molecule has 7 nitrogen and oxygen atoms in total. The van der Waals surface area contributed by atoms with Gasteiger partial charge >= 0.3 is 5.97 Å². The zero-order chi connectivity index (χ0) is 34.3. The largest absolute Gasteiger partial charge is 0.494 e. The van der Waals surface area contributed by atoms with Crippen LogP contribution >= 0.6 is 0 Å². The predicted octanol–water partition coefficient (Wildman–Crippen LogP) is 9.16. The van der Waals surface area contributed by atoms with Crippen LogP contribution in [0.3, 0.4) is 0 Å². The molecule has 0 aliphatic rings. The Morgan fingerprint density at radius 2 is 1.06 bits per heavy atom. The highest BCUT2D eigenvalue weighted by molar-refractivity contribution is 6.08. The lowest BCUT2D eigenvalue weighted by atomic mass is 10.1. The number of rotatable bonds is 17. The zero-order valence-electron chi connectivity index (χ0n) is 27.7.